The zero-order valence-corrected chi connectivity index (χ0v) is 9.54. The van der Waals surface area contributed by atoms with Crippen LogP contribution in [0.2, 0.25) is 0 Å². The Labute approximate surface area is 86.2 Å². The molecule has 0 heterocycles. The molecule has 2 atom stereocenters. The van der Waals surface area contributed by atoms with Crippen molar-refractivity contribution in [1.29, 1.82) is 0 Å². The van der Waals surface area contributed by atoms with E-state index in [1.165, 1.54) is 0 Å². The Morgan fingerprint density at radius 1 is 1.29 bits per heavy atom. The fourth-order valence-electron chi connectivity index (χ4n) is 1.40. The van der Waals surface area contributed by atoms with Crippen LogP contribution >= 0.6 is 8.03 Å². The van der Waals surface area contributed by atoms with Crippen LogP contribution in [0, 0.1) is 0 Å². The molecule has 1 aromatic rings. The Hall–Kier alpha value is -0.720. The van der Waals surface area contributed by atoms with E-state index >= 15 is 0 Å². The summed E-state index contributed by atoms with van der Waals surface area (Å²) in [6, 6.07) is 9.89. The fraction of sp³-hybridized carbons (Fsp3) is 0.455. The van der Waals surface area contributed by atoms with Crippen molar-refractivity contribution in [2.24, 2.45) is 0 Å². The third kappa shape index (κ3) is 2.90. The van der Waals surface area contributed by atoms with Crippen LogP contribution in [-0.4, -0.2) is 6.61 Å². The van der Waals surface area contributed by atoms with Crippen molar-refractivity contribution in [3.05, 3.63) is 35.9 Å². The molecule has 1 aromatic carbocycles. The third-order valence-electron chi connectivity index (χ3n) is 2.08. The average molecular weight is 211 g/mol. The lowest BCUT2D eigenvalue weighted by molar-refractivity contribution is 0.343. The molecule has 3 heteroatoms. The standard InChI is InChI=1S/C11H16O2P/c1-3-11(14(12)13-4-2)10-8-6-5-7-9-10/h5-9,11H,3-4H2,1-2H3/q+1. The van der Waals surface area contributed by atoms with E-state index in [1.807, 2.05) is 44.2 Å². The van der Waals surface area contributed by atoms with Crippen LogP contribution in [0.4, 0.5) is 0 Å². The normalized spacial score (nSPS) is 13.7. The van der Waals surface area contributed by atoms with Gasteiger partial charge in [-0.2, -0.15) is 0 Å². The largest absolute Gasteiger partial charge is 0.516 e. The maximum Gasteiger partial charge on any atom is 0.516 e. The molecule has 0 aliphatic rings. The first-order valence-electron chi connectivity index (χ1n) is 4.93. The Morgan fingerprint density at radius 3 is 2.43 bits per heavy atom. The molecule has 0 aliphatic heterocycles. The smallest absolute Gasteiger partial charge is 0.146 e. The van der Waals surface area contributed by atoms with Gasteiger partial charge in [0.25, 0.3) is 0 Å². The van der Waals surface area contributed by atoms with Gasteiger partial charge < -0.3 is 0 Å². The van der Waals surface area contributed by atoms with Crippen molar-refractivity contribution in [3.63, 3.8) is 0 Å². The summed E-state index contributed by atoms with van der Waals surface area (Å²) in [7, 11) is -1.57. The van der Waals surface area contributed by atoms with Crippen LogP contribution in [0.3, 0.4) is 0 Å². The van der Waals surface area contributed by atoms with Crippen LogP contribution in [0.25, 0.3) is 0 Å². The molecule has 0 saturated heterocycles. The average Bonchev–Trinajstić information content (AvgIpc) is 2.21. The molecule has 14 heavy (non-hydrogen) atoms. The maximum atomic E-state index is 11.7. The van der Waals surface area contributed by atoms with E-state index in [-0.39, 0.29) is 5.66 Å². The van der Waals surface area contributed by atoms with E-state index in [9.17, 15) is 4.57 Å². The van der Waals surface area contributed by atoms with Gasteiger partial charge in [-0.05, 0) is 17.9 Å². The Kier molecular flexibility index (Phi) is 4.78. The summed E-state index contributed by atoms with van der Waals surface area (Å²) in [4.78, 5) is 0. The minimum atomic E-state index is -1.57. The molecule has 1 rings (SSSR count). The lowest BCUT2D eigenvalue weighted by Crippen LogP contribution is -1.93. The quantitative estimate of drug-likeness (QED) is 0.690. The summed E-state index contributed by atoms with van der Waals surface area (Å²) in [5.74, 6) is 0. The second-order valence-corrected chi connectivity index (χ2v) is 4.49. The third-order valence-corrected chi connectivity index (χ3v) is 3.77. The topological polar surface area (TPSA) is 26.3 Å². The molecule has 0 aliphatic carbocycles. The first kappa shape index (κ1) is 11.4. The SMILES string of the molecule is CCO[P+](=O)C(CC)c1ccccc1. The fourth-order valence-corrected chi connectivity index (χ4v) is 2.55. The van der Waals surface area contributed by atoms with Gasteiger partial charge in [0.1, 0.15) is 0 Å². The summed E-state index contributed by atoms with van der Waals surface area (Å²) in [6.45, 7) is 4.41. The van der Waals surface area contributed by atoms with Gasteiger partial charge in [0.15, 0.2) is 0 Å². The molecule has 0 amide bonds. The molecule has 76 valence electrons. The molecular weight excluding hydrogens is 195 g/mol. The van der Waals surface area contributed by atoms with Gasteiger partial charge in [-0.3, -0.25) is 0 Å². The van der Waals surface area contributed by atoms with Crippen molar-refractivity contribution in [2.75, 3.05) is 6.61 Å². The van der Waals surface area contributed by atoms with E-state index < -0.39 is 8.03 Å². The van der Waals surface area contributed by atoms with Gasteiger partial charge in [-0.25, -0.2) is 0 Å². The first-order valence-corrected chi connectivity index (χ1v) is 6.18. The highest BCUT2D eigenvalue weighted by atomic mass is 31.1. The van der Waals surface area contributed by atoms with Crippen LogP contribution in [0.1, 0.15) is 31.5 Å². The Morgan fingerprint density at radius 2 is 1.93 bits per heavy atom. The molecule has 0 fully saturated rings. The highest BCUT2D eigenvalue weighted by Crippen LogP contribution is 2.43. The van der Waals surface area contributed by atoms with Gasteiger partial charge in [0, 0.05) is 5.56 Å². The van der Waals surface area contributed by atoms with Crippen LogP contribution < -0.4 is 0 Å². The Bertz CT molecular complexity index is 285. The zero-order valence-electron chi connectivity index (χ0n) is 8.64. The van der Waals surface area contributed by atoms with Gasteiger partial charge in [0.05, 0.1) is 6.61 Å². The lowest BCUT2D eigenvalue weighted by atomic mass is 10.1. The summed E-state index contributed by atoms with van der Waals surface area (Å²) >= 11 is 0. The molecule has 0 N–H and O–H groups in total. The van der Waals surface area contributed by atoms with E-state index in [2.05, 4.69) is 0 Å². The maximum absolute atomic E-state index is 11.7. The summed E-state index contributed by atoms with van der Waals surface area (Å²) in [5.41, 5.74) is 1.13. The van der Waals surface area contributed by atoms with E-state index in [4.69, 9.17) is 4.52 Å². The second-order valence-electron chi connectivity index (χ2n) is 3.04. The molecule has 0 saturated carbocycles. The van der Waals surface area contributed by atoms with E-state index in [1.54, 1.807) is 0 Å². The number of hydrogen-bond donors (Lipinski definition) is 0. The van der Waals surface area contributed by atoms with Crippen LogP contribution in [-0.2, 0) is 9.09 Å². The summed E-state index contributed by atoms with van der Waals surface area (Å²) in [5, 5.41) is 0. The Balaban J connectivity index is 2.77. The number of benzene rings is 1. The van der Waals surface area contributed by atoms with E-state index in [0.29, 0.717) is 6.61 Å². The molecular formula is C11H16O2P+. The first-order chi connectivity index (χ1) is 6.79. The van der Waals surface area contributed by atoms with Crippen molar-refractivity contribution in [2.45, 2.75) is 25.9 Å². The predicted molar refractivity (Wildman–Crippen MR) is 58.7 cm³/mol. The predicted octanol–water partition coefficient (Wildman–Crippen LogP) is 3.92. The minimum absolute atomic E-state index is 0.0335. The molecule has 0 radical (unpaired) electrons. The zero-order chi connectivity index (χ0) is 10.4. The van der Waals surface area contributed by atoms with E-state index in [0.717, 1.165) is 12.0 Å². The van der Waals surface area contributed by atoms with Gasteiger partial charge in [0.2, 0.25) is 5.66 Å². The minimum Gasteiger partial charge on any atom is -0.146 e. The highest BCUT2D eigenvalue weighted by Gasteiger charge is 2.31. The van der Waals surface area contributed by atoms with Gasteiger partial charge >= 0.3 is 8.03 Å². The van der Waals surface area contributed by atoms with Gasteiger partial charge in [-0.1, -0.05) is 37.3 Å². The molecule has 2 nitrogen and oxygen atoms in total. The van der Waals surface area contributed by atoms with Crippen molar-refractivity contribution < 1.29 is 9.09 Å². The molecule has 0 spiro atoms. The number of rotatable bonds is 5. The molecule has 2 unspecified atom stereocenters. The van der Waals surface area contributed by atoms with Crippen molar-refractivity contribution >= 4 is 8.03 Å². The molecule has 0 aromatic heterocycles. The summed E-state index contributed by atoms with van der Waals surface area (Å²) in [6.07, 6.45) is 0.846. The van der Waals surface area contributed by atoms with Gasteiger partial charge in [-0.15, -0.1) is 4.52 Å². The second kappa shape index (κ2) is 5.90. The van der Waals surface area contributed by atoms with Crippen molar-refractivity contribution in [1.82, 2.24) is 0 Å². The monoisotopic (exact) mass is 211 g/mol. The van der Waals surface area contributed by atoms with Crippen molar-refractivity contribution in [3.8, 4) is 0 Å². The number of hydrogen-bond acceptors (Lipinski definition) is 2. The highest BCUT2D eigenvalue weighted by molar-refractivity contribution is 7.39. The summed E-state index contributed by atoms with van der Waals surface area (Å²) < 4.78 is 16.9. The van der Waals surface area contributed by atoms with Crippen LogP contribution in [0.5, 0.6) is 0 Å². The van der Waals surface area contributed by atoms with Crippen LogP contribution in [0.15, 0.2) is 30.3 Å². The lowest BCUT2D eigenvalue weighted by Gasteiger charge is -2.02. The molecule has 0 bridgehead atoms.